The molecular formula is C35H42N2O3. The van der Waals surface area contributed by atoms with Gasteiger partial charge in [-0.3, -0.25) is 9.59 Å². The van der Waals surface area contributed by atoms with Crippen molar-refractivity contribution >= 4 is 33.2 Å². The highest BCUT2D eigenvalue weighted by Gasteiger charge is 2.31. The highest BCUT2D eigenvalue weighted by molar-refractivity contribution is 5.89. The highest BCUT2D eigenvalue weighted by Crippen LogP contribution is 2.25. The molecular weight excluding hydrogens is 496 g/mol. The molecule has 0 radical (unpaired) electrons. The van der Waals surface area contributed by atoms with Gasteiger partial charge in [-0.05, 0) is 64.9 Å². The van der Waals surface area contributed by atoms with Crippen LogP contribution in [0.5, 0.6) is 0 Å². The number of carbonyl (C=O) groups is 2. The fourth-order valence-electron chi connectivity index (χ4n) is 5.75. The normalized spacial score (nSPS) is 13.7. The van der Waals surface area contributed by atoms with E-state index in [9.17, 15) is 14.7 Å². The number of aliphatic hydroxyl groups is 1. The van der Waals surface area contributed by atoms with Crippen LogP contribution in [-0.2, 0) is 22.4 Å². The van der Waals surface area contributed by atoms with Crippen molar-refractivity contribution in [1.82, 2.24) is 4.90 Å². The summed E-state index contributed by atoms with van der Waals surface area (Å²) in [7, 11) is 1.76. The third kappa shape index (κ3) is 7.35. The number of benzene rings is 4. The van der Waals surface area contributed by atoms with E-state index in [1.807, 2.05) is 24.3 Å². The molecule has 1 amide bonds. The third-order valence-corrected chi connectivity index (χ3v) is 8.09. The molecule has 0 fully saturated rings. The predicted octanol–water partition coefficient (Wildman–Crippen LogP) is 5.94. The summed E-state index contributed by atoms with van der Waals surface area (Å²) in [6, 6.07) is 28.4. The van der Waals surface area contributed by atoms with Crippen molar-refractivity contribution < 1.29 is 14.7 Å². The molecule has 0 saturated heterocycles. The Balaban J connectivity index is 1.57. The molecule has 3 atom stereocenters. The molecule has 0 heterocycles. The predicted molar refractivity (Wildman–Crippen MR) is 164 cm³/mol. The van der Waals surface area contributed by atoms with E-state index in [0.29, 0.717) is 25.8 Å². The van der Waals surface area contributed by atoms with Crippen molar-refractivity contribution in [2.75, 3.05) is 20.2 Å². The van der Waals surface area contributed by atoms with Gasteiger partial charge in [-0.1, -0.05) is 98.3 Å². The van der Waals surface area contributed by atoms with Crippen LogP contribution in [0.4, 0.5) is 0 Å². The Morgan fingerprint density at radius 3 is 1.85 bits per heavy atom. The van der Waals surface area contributed by atoms with Crippen LogP contribution in [0.15, 0.2) is 84.9 Å². The number of likely N-dealkylation sites (N-methyl/N-ethyl adjacent to an activating group) is 1. The molecule has 0 spiro atoms. The smallest absolute Gasteiger partial charge is 0.226 e. The number of amides is 1. The summed E-state index contributed by atoms with van der Waals surface area (Å²) in [5.74, 6) is -0.640. The van der Waals surface area contributed by atoms with Gasteiger partial charge in [0, 0.05) is 25.3 Å². The summed E-state index contributed by atoms with van der Waals surface area (Å²) >= 11 is 0. The van der Waals surface area contributed by atoms with E-state index in [1.54, 1.807) is 11.9 Å². The maximum absolute atomic E-state index is 14.0. The van der Waals surface area contributed by atoms with Crippen molar-refractivity contribution in [1.29, 1.82) is 0 Å². The molecule has 0 aliphatic carbocycles. The lowest BCUT2D eigenvalue weighted by Gasteiger charge is -2.31. The molecule has 0 aliphatic heterocycles. The van der Waals surface area contributed by atoms with Gasteiger partial charge >= 0.3 is 0 Å². The molecule has 3 unspecified atom stereocenters. The van der Waals surface area contributed by atoms with Gasteiger partial charge in [0.15, 0.2) is 0 Å². The molecule has 0 bridgehead atoms. The van der Waals surface area contributed by atoms with Crippen molar-refractivity contribution in [3.8, 4) is 0 Å². The SMILES string of the molecule is CCCC(CCN)C(=O)CC(Cc1ccc2ccccc2c1)C(=O)N(C)C(CO)Cc1ccc2ccccc2c1. The minimum atomic E-state index is -0.513. The van der Waals surface area contributed by atoms with Gasteiger partial charge in [0.05, 0.1) is 12.6 Å². The fraction of sp³-hybridized carbons (Fsp3) is 0.371. The van der Waals surface area contributed by atoms with Crippen molar-refractivity contribution in [3.05, 3.63) is 96.1 Å². The van der Waals surface area contributed by atoms with Gasteiger partial charge in [-0.25, -0.2) is 0 Å². The van der Waals surface area contributed by atoms with E-state index >= 15 is 0 Å². The van der Waals surface area contributed by atoms with Crippen molar-refractivity contribution in [2.45, 2.75) is 51.5 Å². The number of hydrogen-bond donors (Lipinski definition) is 2. The quantitative estimate of drug-likeness (QED) is 0.208. The molecule has 4 aromatic carbocycles. The van der Waals surface area contributed by atoms with Crippen LogP contribution in [0, 0.1) is 11.8 Å². The van der Waals surface area contributed by atoms with Crippen LogP contribution in [0.2, 0.25) is 0 Å². The number of nitrogens with two attached hydrogens (primary N) is 1. The summed E-state index contributed by atoms with van der Waals surface area (Å²) in [5.41, 5.74) is 7.91. The monoisotopic (exact) mass is 538 g/mol. The molecule has 0 aliphatic rings. The molecule has 5 nitrogen and oxygen atoms in total. The summed E-state index contributed by atoms with van der Waals surface area (Å²) < 4.78 is 0. The van der Waals surface area contributed by atoms with Crippen LogP contribution >= 0.6 is 0 Å². The first-order chi connectivity index (χ1) is 19.4. The van der Waals surface area contributed by atoms with Gasteiger partial charge in [0.25, 0.3) is 0 Å². The van der Waals surface area contributed by atoms with E-state index in [-0.39, 0.29) is 30.6 Å². The lowest BCUT2D eigenvalue weighted by molar-refractivity contribution is -0.140. The molecule has 4 aromatic rings. The Morgan fingerprint density at radius 2 is 1.32 bits per heavy atom. The molecule has 3 N–H and O–H groups in total. The van der Waals surface area contributed by atoms with E-state index in [0.717, 1.165) is 45.5 Å². The molecule has 0 saturated carbocycles. The average Bonchev–Trinajstić information content (AvgIpc) is 2.98. The number of carbonyl (C=O) groups excluding carboxylic acids is 2. The Morgan fingerprint density at radius 1 is 0.775 bits per heavy atom. The number of fused-ring (bicyclic) bond motifs is 2. The van der Waals surface area contributed by atoms with E-state index < -0.39 is 12.0 Å². The van der Waals surface area contributed by atoms with Crippen LogP contribution in [0.3, 0.4) is 0 Å². The number of Topliss-reactive ketones (excluding diaryl/α,β-unsaturated/α-hetero) is 1. The number of ketones is 1. The number of hydrogen-bond acceptors (Lipinski definition) is 4. The van der Waals surface area contributed by atoms with Crippen LogP contribution in [-0.4, -0.2) is 47.9 Å². The standard InChI is InChI=1S/C35H42N2O3/c1-3-8-29(17-18-36)34(39)23-32(21-25-13-15-27-9-4-6-11-30(27)19-25)35(40)37(2)33(24-38)22-26-14-16-28-10-5-7-12-31(28)20-26/h4-7,9-16,19-20,29,32-33,38H,3,8,17-18,21-24,36H2,1-2H3. The largest absolute Gasteiger partial charge is 0.394 e. The third-order valence-electron chi connectivity index (χ3n) is 8.09. The maximum atomic E-state index is 14.0. The minimum absolute atomic E-state index is 0.106. The summed E-state index contributed by atoms with van der Waals surface area (Å²) in [6.07, 6.45) is 3.50. The van der Waals surface area contributed by atoms with E-state index in [1.165, 1.54) is 0 Å². The second-order valence-electron chi connectivity index (χ2n) is 11.0. The lowest BCUT2D eigenvalue weighted by atomic mass is 9.85. The maximum Gasteiger partial charge on any atom is 0.226 e. The number of nitrogens with zero attached hydrogens (tertiary/aromatic N) is 1. The first kappa shape index (κ1) is 29.4. The summed E-state index contributed by atoms with van der Waals surface area (Å²) in [5, 5.41) is 14.9. The average molecular weight is 539 g/mol. The van der Waals surface area contributed by atoms with Gasteiger partial charge in [-0.15, -0.1) is 0 Å². The Labute approximate surface area is 238 Å². The van der Waals surface area contributed by atoms with Crippen molar-refractivity contribution in [2.24, 2.45) is 17.6 Å². The zero-order valence-corrected chi connectivity index (χ0v) is 23.8. The van der Waals surface area contributed by atoms with Crippen LogP contribution in [0.1, 0.15) is 43.7 Å². The second-order valence-corrected chi connectivity index (χ2v) is 11.0. The number of rotatable bonds is 14. The Kier molecular flexibility index (Phi) is 10.5. The molecule has 40 heavy (non-hydrogen) atoms. The van der Waals surface area contributed by atoms with Gasteiger partial charge in [-0.2, -0.15) is 0 Å². The zero-order chi connectivity index (χ0) is 28.5. The number of aliphatic hydroxyl groups excluding tert-OH is 1. The Hall–Kier alpha value is -3.54. The Bertz CT molecular complexity index is 1430. The van der Waals surface area contributed by atoms with Gasteiger partial charge in [0.1, 0.15) is 5.78 Å². The molecule has 210 valence electrons. The molecule has 4 rings (SSSR count). The van der Waals surface area contributed by atoms with E-state index in [2.05, 4.69) is 67.6 Å². The molecule has 0 aromatic heterocycles. The fourth-order valence-corrected chi connectivity index (χ4v) is 5.75. The van der Waals surface area contributed by atoms with Crippen LogP contribution < -0.4 is 5.73 Å². The van der Waals surface area contributed by atoms with Gasteiger partial charge < -0.3 is 15.7 Å². The first-order valence-electron chi connectivity index (χ1n) is 14.5. The van der Waals surface area contributed by atoms with Crippen LogP contribution in [0.25, 0.3) is 21.5 Å². The minimum Gasteiger partial charge on any atom is -0.394 e. The first-order valence-corrected chi connectivity index (χ1v) is 14.5. The van der Waals surface area contributed by atoms with Gasteiger partial charge in [0.2, 0.25) is 5.91 Å². The summed E-state index contributed by atoms with van der Waals surface area (Å²) in [6.45, 7) is 2.37. The molecule has 5 heteroatoms. The van der Waals surface area contributed by atoms with E-state index in [4.69, 9.17) is 5.73 Å². The zero-order valence-electron chi connectivity index (χ0n) is 23.8. The van der Waals surface area contributed by atoms with Crippen molar-refractivity contribution in [3.63, 3.8) is 0 Å². The highest BCUT2D eigenvalue weighted by atomic mass is 16.3. The second kappa shape index (κ2) is 14.2. The lowest BCUT2D eigenvalue weighted by Crippen LogP contribution is -2.45. The summed E-state index contributed by atoms with van der Waals surface area (Å²) in [4.78, 5) is 29.1. The topological polar surface area (TPSA) is 83.6 Å².